The molecule has 0 spiro atoms. The van der Waals surface area contributed by atoms with E-state index in [4.69, 9.17) is 4.74 Å². The number of esters is 1. The van der Waals surface area contributed by atoms with Crippen LogP contribution in [0.5, 0.6) is 0 Å². The van der Waals surface area contributed by atoms with Gasteiger partial charge in [0.05, 0.1) is 5.60 Å². The molecule has 6 atom stereocenters. The van der Waals surface area contributed by atoms with Crippen LogP contribution in [0, 0.1) is 23.7 Å². The predicted molar refractivity (Wildman–Crippen MR) is 129 cm³/mol. The van der Waals surface area contributed by atoms with Crippen molar-refractivity contribution in [3.05, 3.63) is 41.7 Å². The molecule has 2 heterocycles. The van der Waals surface area contributed by atoms with Gasteiger partial charge in [-0.1, -0.05) is 19.9 Å². The third-order valence-electron chi connectivity index (χ3n) is 8.49. The molecule has 1 saturated heterocycles. The van der Waals surface area contributed by atoms with E-state index in [1.165, 1.54) is 12.5 Å². The van der Waals surface area contributed by atoms with E-state index in [-0.39, 0.29) is 23.9 Å². The van der Waals surface area contributed by atoms with E-state index in [2.05, 4.69) is 53.8 Å². The second-order valence-corrected chi connectivity index (χ2v) is 10.8. The van der Waals surface area contributed by atoms with Crippen molar-refractivity contribution in [2.24, 2.45) is 23.7 Å². The Balaban J connectivity index is 1.37. The molecule has 0 bridgehead atoms. The van der Waals surface area contributed by atoms with Gasteiger partial charge in [0.15, 0.2) is 0 Å². The molecule has 0 amide bonds. The Labute approximate surface area is 199 Å². The maximum Gasteiger partial charge on any atom is 0.303 e. The first-order valence-corrected chi connectivity index (χ1v) is 12.7. The van der Waals surface area contributed by atoms with Crippen molar-refractivity contribution < 1.29 is 14.6 Å². The van der Waals surface area contributed by atoms with Crippen LogP contribution in [0.2, 0.25) is 0 Å². The number of aromatic nitrogens is 1. The summed E-state index contributed by atoms with van der Waals surface area (Å²) >= 11 is 0. The predicted octanol–water partition coefficient (Wildman–Crippen LogP) is 3.51. The number of pyridine rings is 1. The van der Waals surface area contributed by atoms with Crippen LogP contribution >= 0.6 is 0 Å². The Morgan fingerprint density at radius 3 is 2.55 bits per heavy atom. The molecule has 0 radical (unpaired) electrons. The molecule has 2 fully saturated rings. The second kappa shape index (κ2) is 10.2. The van der Waals surface area contributed by atoms with Crippen molar-refractivity contribution in [1.82, 2.24) is 14.8 Å². The van der Waals surface area contributed by atoms with E-state index in [9.17, 15) is 9.90 Å². The number of hydrogen-bond donors (Lipinski definition) is 1. The van der Waals surface area contributed by atoms with Crippen LogP contribution in [0.15, 0.2) is 36.2 Å². The molecule has 6 nitrogen and oxygen atoms in total. The van der Waals surface area contributed by atoms with Gasteiger partial charge in [-0.05, 0) is 60.8 Å². The lowest BCUT2D eigenvalue weighted by atomic mass is 9.57. The summed E-state index contributed by atoms with van der Waals surface area (Å²) in [6, 6.07) is 4.21. The molecule has 1 aromatic heterocycles. The number of ether oxygens (including phenoxy) is 1. The largest absolute Gasteiger partial charge is 0.458 e. The molecule has 6 heteroatoms. The highest BCUT2D eigenvalue weighted by atomic mass is 16.5. The van der Waals surface area contributed by atoms with E-state index in [1.807, 2.05) is 12.4 Å². The minimum Gasteiger partial charge on any atom is -0.458 e. The lowest BCUT2D eigenvalue weighted by Gasteiger charge is -2.53. The molecular formula is C27H41N3O3. The fourth-order valence-electron chi connectivity index (χ4n) is 6.42. The normalized spacial score (nSPS) is 34.3. The van der Waals surface area contributed by atoms with Crippen LogP contribution in [0.1, 0.15) is 52.5 Å². The van der Waals surface area contributed by atoms with E-state index < -0.39 is 5.60 Å². The van der Waals surface area contributed by atoms with E-state index in [0.29, 0.717) is 18.3 Å². The van der Waals surface area contributed by atoms with Gasteiger partial charge in [0.2, 0.25) is 0 Å². The average Bonchev–Trinajstić information content (AvgIpc) is 2.78. The fourth-order valence-corrected chi connectivity index (χ4v) is 6.42. The standard InChI is InChI=1S/C27H41N3O3/c1-19-15-25-24(6-5-21(3)27(25,32)16-26(19)33-22(4)31)20(2)17-29-11-13-30(14-12-29)18-23-7-9-28-10-8-23/h7-10,15,20-21,24-26,32H,5-6,11-14,16-18H2,1-4H3/t20?,21-,24+,25-,26-,27-/m1/s1. The van der Waals surface area contributed by atoms with Gasteiger partial charge in [0.25, 0.3) is 0 Å². The number of hydrogen-bond acceptors (Lipinski definition) is 6. The zero-order chi connectivity index (χ0) is 23.6. The topological polar surface area (TPSA) is 65.9 Å². The highest BCUT2D eigenvalue weighted by molar-refractivity contribution is 5.66. The lowest BCUT2D eigenvalue weighted by Crippen LogP contribution is -2.56. The van der Waals surface area contributed by atoms with Crippen LogP contribution in [0.3, 0.4) is 0 Å². The van der Waals surface area contributed by atoms with Gasteiger partial charge in [0.1, 0.15) is 6.10 Å². The third-order valence-corrected chi connectivity index (χ3v) is 8.49. The maximum atomic E-state index is 11.8. The van der Waals surface area contributed by atoms with Crippen molar-refractivity contribution in [3.8, 4) is 0 Å². The summed E-state index contributed by atoms with van der Waals surface area (Å²) in [5, 5.41) is 11.8. The highest BCUT2D eigenvalue weighted by Gasteiger charge is 2.52. The summed E-state index contributed by atoms with van der Waals surface area (Å²) in [5.74, 6) is 1.04. The number of piperazine rings is 1. The van der Waals surface area contributed by atoms with Gasteiger partial charge in [0, 0.05) is 70.9 Å². The van der Waals surface area contributed by atoms with E-state index in [1.54, 1.807) is 0 Å². The van der Waals surface area contributed by atoms with Crippen molar-refractivity contribution in [3.63, 3.8) is 0 Å². The zero-order valence-electron chi connectivity index (χ0n) is 20.7. The number of nitrogens with zero attached hydrogens (tertiary/aromatic N) is 3. The molecule has 33 heavy (non-hydrogen) atoms. The molecular weight excluding hydrogens is 414 g/mol. The number of aliphatic hydroxyl groups is 1. The summed E-state index contributed by atoms with van der Waals surface area (Å²) in [4.78, 5) is 20.8. The van der Waals surface area contributed by atoms with Crippen molar-refractivity contribution in [1.29, 1.82) is 0 Å². The SMILES string of the molecule is CC(=O)O[C@@H]1C[C@@]2(O)[C@H](C)CC[C@@H](C(C)CN3CCN(Cc4ccncc4)CC3)[C@H]2C=C1C. The van der Waals surface area contributed by atoms with Crippen LogP contribution in [-0.4, -0.2) is 70.3 Å². The van der Waals surface area contributed by atoms with Gasteiger partial charge in [-0.15, -0.1) is 0 Å². The van der Waals surface area contributed by atoms with Crippen molar-refractivity contribution >= 4 is 5.97 Å². The molecule has 1 N–H and O–H groups in total. The molecule has 1 aromatic rings. The number of fused-ring (bicyclic) bond motifs is 1. The Morgan fingerprint density at radius 2 is 1.88 bits per heavy atom. The van der Waals surface area contributed by atoms with E-state index >= 15 is 0 Å². The van der Waals surface area contributed by atoms with Gasteiger partial charge in [-0.25, -0.2) is 0 Å². The third kappa shape index (κ3) is 5.50. The Morgan fingerprint density at radius 1 is 1.21 bits per heavy atom. The quantitative estimate of drug-likeness (QED) is 0.523. The van der Waals surface area contributed by atoms with Gasteiger partial charge in [-0.3, -0.25) is 14.7 Å². The van der Waals surface area contributed by atoms with Gasteiger partial charge < -0.3 is 14.7 Å². The van der Waals surface area contributed by atoms with Crippen molar-refractivity contribution in [2.75, 3.05) is 32.7 Å². The summed E-state index contributed by atoms with van der Waals surface area (Å²) in [5.41, 5.74) is 1.63. The minimum absolute atomic E-state index is 0.135. The second-order valence-electron chi connectivity index (χ2n) is 10.8. The smallest absolute Gasteiger partial charge is 0.303 e. The van der Waals surface area contributed by atoms with Crippen molar-refractivity contribution in [2.45, 2.75) is 65.2 Å². The number of carbonyl (C=O) groups is 1. The number of carbonyl (C=O) groups excluding carboxylic acids is 1. The molecule has 1 unspecified atom stereocenters. The summed E-state index contributed by atoms with van der Waals surface area (Å²) in [6.07, 6.45) is 8.39. The Hall–Kier alpha value is -1.76. The first-order valence-electron chi connectivity index (χ1n) is 12.7. The van der Waals surface area contributed by atoms with E-state index in [0.717, 1.165) is 57.7 Å². The van der Waals surface area contributed by atoms with Gasteiger partial charge >= 0.3 is 5.97 Å². The lowest BCUT2D eigenvalue weighted by molar-refractivity contribution is -0.159. The first-order chi connectivity index (χ1) is 15.8. The van der Waals surface area contributed by atoms with Crippen LogP contribution in [-0.2, 0) is 16.1 Å². The average molecular weight is 456 g/mol. The van der Waals surface area contributed by atoms with Crippen LogP contribution < -0.4 is 0 Å². The number of rotatable bonds is 6. The molecule has 0 aromatic carbocycles. The van der Waals surface area contributed by atoms with Crippen LogP contribution in [0.25, 0.3) is 0 Å². The summed E-state index contributed by atoms with van der Waals surface area (Å²) in [7, 11) is 0. The maximum absolute atomic E-state index is 11.8. The molecule has 182 valence electrons. The molecule has 1 saturated carbocycles. The fraction of sp³-hybridized carbons (Fsp3) is 0.704. The zero-order valence-corrected chi connectivity index (χ0v) is 20.7. The summed E-state index contributed by atoms with van der Waals surface area (Å²) < 4.78 is 5.55. The summed E-state index contributed by atoms with van der Waals surface area (Å²) in [6.45, 7) is 14.5. The Kier molecular flexibility index (Phi) is 7.56. The highest BCUT2D eigenvalue weighted by Crippen LogP contribution is 2.51. The molecule has 3 aliphatic rings. The molecule has 1 aliphatic heterocycles. The monoisotopic (exact) mass is 455 g/mol. The Bertz CT molecular complexity index is 836. The van der Waals surface area contributed by atoms with Gasteiger partial charge in [-0.2, -0.15) is 0 Å². The van der Waals surface area contributed by atoms with Crippen LogP contribution in [0.4, 0.5) is 0 Å². The first kappa shape index (κ1) is 24.4. The minimum atomic E-state index is -0.792. The molecule has 2 aliphatic carbocycles. The molecule has 4 rings (SSSR count).